The van der Waals surface area contributed by atoms with Crippen LogP contribution in [0.4, 0.5) is 58.4 Å². The van der Waals surface area contributed by atoms with E-state index in [1.807, 2.05) is 60.7 Å². The Morgan fingerprint density at radius 3 is 1.50 bits per heavy atom. The number of aliphatic hydroxyl groups excluding tert-OH is 2. The first-order valence-corrected chi connectivity index (χ1v) is 20.1. The van der Waals surface area contributed by atoms with Crippen LogP contribution >= 0.6 is 12.0 Å². The molecule has 6 aromatic rings. The number of hydrogen-bond donors (Lipinski definition) is 8. The fourth-order valence-corrected chi connectivity index (χ4v) is 6.60. The summed E-state index contributed by atoms with van der Waals surface area (Å²) in [5, 5.41) is 44.2. The van der Waals surface area contributed by atoms with Crippen molar-refractivity contribution >= 4 is 92.8 Å². The first kappa shape index (κ1) is 43.1. The van der Waals surface area contributed by atoms with Gasteiger partial charge >= 0.3 is 0 Å². The highest BCUT2D eigenvalue weighted by Crippen LogP contribution is 2.32. The monoisotopic (exact) mass is 856 g/mol. The van der Waals surface area contributed by atoms with Gasteiger partial charge in [0.25, 0.3) is 10.1 Å². The number of nitrogens with zero attached hydrogens (tertiary/aromatic N) is 8. The van der Waals surface area contributed by atoms with Gasteiger partial charge in [0.15, 0.2) is 0 Å². The number of aromatic nitrogens is 6. The van der Waals surface area contributed by atoms with Crippen LogP contribution < -0.4 is 31.1 Å². The van der Waals surface area contributed by atoms with E-state index in [0.29, 0.717) is 33.9 Å². The molecule has 0 saturated heterocycles. The molecule has 2 heterocycles. The number of likely N-dealkylation sites (N-methyl/N-ethyl adjacent to an activating group) is 2. The fourth-order valence-electron chi connectivity index (χ4n) is 5.38. The van der Waals surface area contributed by atoms with Crippen molar-refractivity contribution in [2.75, 3.05) is 71.5 Å². The zero-order chi connectivity index (χ0) is 42.5. The minimum atomic E-state index is -4.76. The number of rotatable bonds is 20. The molecule has 0 amide bonds. The second kappa shape index (κ2) is 20.5. The van der Waals surface area contributed by atoms with Crippen LogP contribution in [-0.2, 0) is 19.5 Å². The summed E-state index contributed by atoms with van der Waals surface area (Å²) >= 11 is 0.663. The summed E-state index contributed by atoms with van der Waals surface area (Å²) < 4.78 is 40.4. The van der Waals surface area contributed by atoms with Gasteiger partial charge in [0.1, 0.15) is 4.90 Å². The molecule has 0 aliphatic heterocycles. The topological polar surface area (TPSA) is 265 Å². The molecule has 0 spiro atoms. The van der Waals surface area contributed by atoms with E-state index in [-0.39, 0.29) is 73.2 Å². The molecule has 0 unspecified atom stereocenters. The smallest absolute Gasteiger partial charge is 0.295 e. The summed E-state index contributed by atoms with van der Waals surface area (Å²) in [6, 6.07) is 27.8. The van der Waals surface area contributed by atoms with E-state index in [1.165, 1.54) is 18.2 Å². The molecule has 0 bridgehead atoms. The van der Waals surface area contributed by atoms with Gasteiger partial charge in [0, 0.05) is 54.8 Å². The largest absolute Gasteiger partial charge is 0.395 e. The highest BCUT2D eigenvalue weighted by atomic mass is 32.2. The lowest BCUT2D eigenvalue weighted by Crippen LogP contribution is -2.24. The molecule has 8 N–H and O–H groups in total. The first-order valence-electron chi connectivity index (χ1n) is 17.9. The Bertz CT molecular complexity index is 2510. The van der Waals surface area contributed by atoms with Crippen LogP contribution in [0.2, 0.25) is 0 Å². The maximum Gasteiger partial charge on any atom is 0.295 e. The van der Waals surface area contributed by atoms with Gasteiger partial charge in [-0.2, -0.15) is 38.3 Å². The first-order chi connectivity index (χ1) is 29.0. The Hall–Kier alpha value is -6.50. The van der Waals surface area contributed by atoms with Gasteiger partial charge in [-0.15, -0.1) is 4.33 Å². The lowest BCUT2D eigenvalue weighted by Gasteiger charge is -2.18. The molecule has 0 aliphatic rings. The predicted octanol–water partition coefficient (Wildman–Crippen LogP) is 5.73. The molecule has 4 aromatic carbocycles. The highest BCUT2D eigenvalue weighted by molar-refractivity contribution is 7.94. The van der Waals surface area contributed by atoms with Crippen LogP contribution in [0.1, 0.15) is 11.1 Å². The normalized spacial score (nSPS) is 11.4. The molecular formula is C38H40N12O8S2. The van der Waals surface area contributed by atoms with Gasteiger partial charge in [-0.05, 0) is 59.7 Å². The summed E-state index contributed by atoms with van der Waals surface area (Å²) in [5.41, 5.74) is 2.81. The standard InChI is InChI=1S/C38H40N12O8S2/c1-49(19-21-51)37-45-33(39-27-9-5-3-6-10-27)43-35(47-37)41-29-17-15-25(31(23-29)59-58-57-53)13-14-26-16-18-30(24-32(26)60(54,55)56)42-36-44-34(40-28-11-7-4-8-12-28)46-38(48-36)50(2)20-22-52/h3-18,23-24,51-53H,19-22H2,1-2H3,(H,54,55,56)(H2,39,41,43,45,47)(H2,40,42,44,46,48)/b14-13+. The average molecular weight is 857 g/mol. The maximum atomic E-state index is 12.7. The van der Waals surface area contributed by atoms with Gasteiger partial charge in [0.05, 0.1) is 25.3 Å². The van der Waals surface area contributed by atoms with Crippen LogP contribution in [0.3, 0.4) is 0 Å². The Labute approximate surface area is 348 Å². The van der Waals surface area contributed by atoms with Crippen LogP contribution in [0, 0.1) is 0 Å². The quantitative estimate of drug-likeness (QED) is 0.0150. The van der Waals surface area contributed by atoms with Crippen LogP contribution in [0.5, 0.6) is 0 Å². The van der Waals surface area contributed by atoms with Crippen LogP contribution in [-0.4, -0.2) is 98.7 Å². The summed E-state index contributed by atoms with van der Waals surface area (Å²) in [7, 11) is -1.34. The average Bonchev–Trinajstić information content (AvgIpc) is 3.23. The lowest BCUT2D eigenvalue weighted by atomic mass is 10.1. The zero-order valence-electron chi connectivity index (χ0n) is 32.0. The third-order valence-electron chi connectivity index (χ3n) is 8.27. The molecule has 312 valence electrons. The molecule has 22 heteroatoms. The number of aliphatic hydroxyl groups is 2. The minimum absolute atomic E-state index is 0.0588. The number of nitrogens with one attached hydrogen (secondary N) is 4. The summed E-state index contributed by atoms with van der Waals surface area (Å²) in [6.45, 7) is 0.230. The summed E-state index contributed by atoms with van der Waals surface area (Å²) in [5.74, 6) is 1.18. The molecule has 0 atom stereocenters. The fraction of sp³-hybridized carbons (Fsp3) is 0.158. The van der Waals surface area contributed by atoms with Gasteiger partial charge in [-0.1, -0.05) is 65.7 Å². The molecule has 60 heavy (non-hydrogen) atoms. The molecule has 20 nitrogen and oxygen atoms in total. The molecule has 0 fully saturated rings. The van der Waals surface area contributed by atoms with Crippen molar-refractivity contribution in [3.8, 4) is 0 Å². The van der Waals surface area contributed by atoms with Gasteiger partial charge < -0.3 is 41.3 Å². The van der Waals surface area contributed by atoms with E-state index < -0.39 is 15.0 Å². The van der Waals surface area contributed by atoms with E-state index in [1.54, 1.807) is 54.2 Å². The second-order valence-corrected chi connectivity index (χ2v) is 14.8. The van der Waals surface area contributed by atoms with E-state index in [2.05, 4.69) is 56.2 Å². The Kier molecular flexibility index (Phi) is 14.7. The molecule has 0 radical (unpaired) electrons. The van der Waals surface area contributed by atoms with E-state index in [4.69, 9.17) is 9.59 Å². The molecule has 2 aromatic heterocycles. The van der Waals surface area contributed by atoms with Crippen molar-refractivity contribution in [1.29, 1.82) is 0 Å². The van der Waals surface area contributed by atoms with Crippen molar-refractivity contribution in [3.63, 3.8) is 0 Å². The summed E-state index contributed by atoms with van der Waals surface area (Å²) in [6.07, 6.45) is 3.05. The van der Waals surface area contributed by atoms with E-state index >= 15 is 0 Å². The Morgan fingerprint density at radius 2 is 1.05 bits per heavy atom. The van der Waals surface area contributed by atoms with Gasteiger partial charge in [-0.3, -0.25) is 4.55 Å². The molecule has 0 aliphatic carbocycles. The van der Waals surface area contributed by atoms with Crippen molar-refractivity contribution < 1.29 is 37.8 Å². The third-order valence-corrected chi connectivity index (χ3v) is 9.85. The zero-order valence-corrected chi connectivity index (χ0v) is 33.7. The summed E-state index contributed by atoms with van der Waals surface area (Å²) in [4.78, 5) is 30.1. The number of benzene rings is 4. The third kappa shape index (κ3) is 12.0. The highest BCUT2D eigenvalue weighted by Gasteiger charge is 2.18. The van der Waals surface area contributed by atoms with E-state index in [9.17, 15) is 23.2 Å². The van der Waals surface area contributed by atoms with Crippen molar-refractivity contribution in [2.24, 2.45) is 0 Å². The van der Waals surface area contributed by atoms with Crippen molar-refractivity contribution in [1.82, 2.24) is 29.9 Å². The Morgan fingerprint density at radius 1 is 0.617 bits per heavy atom. The van der Waals surface area contributed by atoms with Gasteiger partial charge in [0.2, 0.25) is 35.7 Å². The van der Waals surface area contributed by atoms with E-state index in [0.717, 1.165) is 5.69 Å². The molecular weight excluding hydrogens is 817 g/mol. The number of hydrogen-bond acceptors (Lipinski definition) is 20. The number of para-hydroxylation sites is 2. The van der Waals surface area contributed by atoms with Crippen LogP contribution in [0.15, 0.2) is 107 Å². The van der Waals surface area contributed by atoms with Crippen LogP contribution in [0.25, 0.3) is 12.2 Å². The molecule has 0 saturated carbocycles. The van der Waals surface area contributed by atoms with Gasteiger partial charge in [-0.25, -0.2) is 5.26 Å². The lowest BCUT2D eigenvalue weighted by molar-refractivity contribution is -0.432. The SMILES string of the molecule is CN(CCO)c1nc(Nc2ccccc2)nc(Nc2ccc(/C=C/c3ccc(Nc4nc(Nc5ccccc5)nc(N(C)CCO)n4)cc3S(=O)(=O)O)c(SOOO)c2)n1. The van der Waals surface area contributed by atoms with Crippen molar-refractivity contribution in [3.05, 3.63) is 108 Å². The van der Waals surface area contributed by atoms with Crippen molar-refractivity contribution in [2.45, 2.75) is 9.79 Å². The second-order valence-electron chi connectivity index (χ2n) is 12.6. The maximum absolute atomic E-state index is 12.7. The Balaban J connectivity index is 1.27. The minimum Gasteiger partial charge on any atom is -0.395 e. The molecule has 6 rings (SSSR count). The predicted molar refractivity (Wildman–Crippen MR) is 229 cm³/mol. The number of anilines is 10.